The van der Waals surface area contributed by atoms with Gasteiger partial charge in [-0.1, -0.05) is 18.9 Å². The van der Waals surface area contributed by atoms with Gasteiger partial charge in [-0.25, -0.2) is 9.78 Å². The van der Waals surface area contributed by atoms with E-state index in [0.717, 1.165) is 12.3 Å². The van der Waals surface area contributed by atoms with Crippen molar-refractivity contribution in [3.63, 3.8) is 0 Å². The summed E-state index contributed by atoms with van der Waals surface area (Å²) in [5.74, 6) is 1.53. The molecule has 0 bridgehead atoms. The first-order valence-corrected chi connectivity index (χ1v) is 7.82. The van der Waals surface area contributed by atoms with E-state index in [2.05, 4.69) is 15.3 Å². The van der Waals surface area contributed by atoms with Crippen molar-refractivity contribution in [3.05, 3.63) is 18.2 Å². The molecule has 3 N–H and O–H groups in total. The van der Waals surface area contributed by atoms with Gasteiger partial charge >= 0.3 is 6.09 Å². The predicted octanol–water partition coefficient (Wildman–Crippen LogP) is 2.56. The molecule has 1 atom stereocenters. The van der Waals surface area contributed by atoms with Crippen LogP contribution >= 0.6 is 0 Å². The molecule has 0 spiro atoms. The average Bonchev–Trinajstić information content (AvgIpc) is 3.13. The lowest BCUT2D eigenvalue weighted by molar-refractivity contribution is 0.209. The molecule has 1 amide bonds. The standard InChI is InChI=1S/C13H15N3O3S/c17-13(18)16-12-14-9-2-1-3-10(11(9)15-12)20(19)7-6-8-4-5-8/h1-3,8H,4-7H2,(H,17,18)(H2,14,15,16). The third-order valence-electron chi connectivity index (χ3n) is 3.35. The summed E-state index contributed by atoms with van der Waals surface area (Å²) in [4.78, 5) is 18.3. The van der Waals surface area contributed by atoms with Crippen LogP contribution in [0.1, 0.15) is 19.3 Å². The molecule has 3 rings (SSSR count). The van der Waals surface area contributed by atoms with Crippen LogP contribution in [0.15, 0.2) is 23.1 Å². The van der Waals surface area contributed by atoms with Crippen LogP contribution in [-0.2, 0) is 10.8 Å². The molecule has 0 saturated heterocycles. The van der Waals surface area contributed by atoms with E-state index in [1.165, 1.54) is 12.8 Å². The average molecular weight is 293 g/mol. The number of aromatic nitrogens is 2. The number of amides is 1. The maximum absolute atomic E-state index is 12.3. The maximum atomic E-state index is 12.3. The molecule has 1 aromatic carbocycles. The summed E-state index contributed by atoms with van der Waals surface area (Å²) in [6.07, 6.45) is 2.29. The van der Waals surface area contributed by atoms with Crippen LogP contribution in [0.5, 0.6) is 0 Å². The lowest BCUT2D eigenvalue weighted by atomic mass is 10.3. The van der Waals surface area contributed by atoms with Crippen molar-refractivity contribution in [1.29, 1.82) is 0 Å². The second-order valence-corrected chi connectivity index (χ2v) is 6.49. The Kier molecular flexibility index (Phi) is 3.43. The van der Waals surface area contributed by atoms with Crippen LogP contribution in [0, 0.1) is 5.92 Å². The van der Waals surface area contributed by atoms with Crippen LogP contribution in [0.2, 0.25) is 0 Å². The number of benzene rings is 1. The van der Waals surface area contributed by atoms with Crippen LogP contribution in [-0.4, -0.2) is 31.1 Å². The van der Waals surface area contributed by atoms with Crippen LogP contribution in [0.25, 0.3) is 11.0 Å². The molecule has 1 saturated carbocycles. The Morgan fingerprint density at radius 2 is 2.30 bits per heavy atom. The molecule has 0 radical (unpaired) electrons. The number of nitrogens with zero attached hydrogens (tertiary/aromatic N) is 1. The summed E-state index contributed by atoms with van der Waals surface area (Å²) in [6.45, 7) is 0. The predicted molar refractivity (Wildman–Crippen MR) is 76.4 cm³/mol. The quantitative estimate of drug-likeness (QED) is 0.789. The number of carboxylic acid groups (broad SMARTS) is 1. The SMILES string of the molecule is O=C(O)Nc1nc2c(S(=O)CCC3CC3)cccc2[nH]1. The number of rotatable bonds is 5. The van der Waals surface area contributed by atoms with Crippen LogP contribution in [0.4, 0.5) is 10.7 Å². The van der Waals surface area contributed by atoms with E-state index in [0.29, 0.717) is 21.7 Å². The number of H-pyrrole nitrogens is 1. The molecule has 20 heavy (non-hydrogen) atoms. The van der Waals surface area contributed by atoms with Crippen molar-refractivity contribution in [2.24, 2.45) is 5.92 Å². The Hall–Kier alpha value is -1.89. The normalized spacial score (nSPS) is 16.2. The monoisotopic (exact) mass is 293 g/mol. The second kappa shape index (κ2) is 5.24. The minimum atomic E-state index is -1.18. The van der Waals surface area contributed by atoms with Crippen molar-refractivity contribution in [2.45, 2.75) is 24.2 Å². The molecule has 1 aliphatic rings. The summed E-state index contributed by atoms with van der Waals surface area (Å²) in [5.41, 5.74) is 1.26. The van der Waals surface area contributed by atoms with E-state index in [1.54, 1.807) is 18.2 Å². The molecule has 106 valence electrons. The van der Waals surface area contributed by atoms with Gasteiger partial charge in [0.15, 0.2) is 0 Å². The first-order chi connectivity index (χ1) is 9.63. The number of para-hydroxylation sites is 1. The molecule has 7 heteroatoms. The third-order valence-corrected chi connectivity index (χ3v) is 4.78. The lowest BCUT2D eigenvalue weighted by Gasteiger charge is -2.02. The Morgan fingerprint density at radius 3 is 3.00 bits per heavy atom. The maximum Gasteiger partial charge on any atom is 0.411 e. The fraction of sp³-hybridized carbons (Fsp3) is 0.385. The van der Waals surface area contributed by atoms with Crippen molar-refractivity contribution in [2.75, 3.05) is 11.1 Å². The van der Waals surface area contributed by atoms with E-state index in [4.69, 9.17) is 5.11 Å². The van der Waals surface area contributed by atoms with Gasteiger partial charge < -0.3 is 10.1 Å². The number of anilines is 1. The first-order valence-electron chi connectivity index (χ1n) is 6.50. The zero-order valence-corrected chi connectivity index (χ0v) is 11.6. The Bertz CT molecular complexity index is 679. The molecule has 0 aliphatic heterocycles. The fourth-order valence-electron chi connectivity index (χ4n) is 2.14. The van der Waals surface area contributed by atoms with E-state index < -0.39 is 16.9 Å². The highest BCUT2D eigenvalue weighted by molar-refractivity contribution is 7.85. The van der Waals surface area contributed by atoms with Crippen molar-refractivity contribution < 1.29 is 14.1 Å². The highest BCUT2D eigenvalue weighted by Gasteiger charge is 2.22. The molecule has 1 unspecified atom stereocenters. The largest absolute Gasteiger partial charge is 0.465 e. The lowest BCUT2D eigenvalue weighted by Crippen LogP contribution is -2.08. The second-order valence-electron chi connectivity index (χ2n) is 4.95. The van der Waals surface area contributed by atoms with E-state index in [1.807, 2.05) is 0 Å². The van der Waals surface area contributed by atoms with E-state index in [-0.39, 0.29) is 5.95 Å². The molecule has 6 nitrogen and oxygen atoms in total. The number of carbonyl (C=O) groups is 1. The van der Waals surface area contributed by atoms with Gasteiger partial charge in [0.2, 0.25) is 5.95 Å². The zero-order valence-electron chi connectivity index (χ0n) is 10.8. The summed E-state index contributed by atoms with van der Waals surface area (Å²) in [5, 5.41) is 10.9. The van der Waals surface area contributed by atoms with Gasteiger partial charge in [-0.3, -0.25) is 9.53 Å². The van der Waals surface area contributed by atoms with Gasteiger partial charge in [0.1, 0.15) is 5.52 Å². The van der Waals surface area contributed by atoms with Gasteiger partial charge in [0, 0.05) is 5.75 Å². The van der Waals surface area contributed by atoms with Crippen molar-refractivity contribution in [1.82, 2.24) is 9.97 Å². The van der Waals surface area contributed by atoms with E-state index >= 15 is 0 Å². The van der Waals surface area contributed by atoms with Crippen molar-refractivity contribution in [3.8, 4) is 0 Å². The van der Waals surface area contributed by atoms with Crippen molar-refractivity contribution >= 4 is 33.9 Å². The first kappa shape index (κ1) is 13.1. The number of aromatic amines is 1. The minimum absolute atomic E-state index is 0.152. The summed E-state index contributed by atoms with van der Waals surface area (Å²) >= 11 is 0. The van der Waals surface area contributed by atoms with Crippen LogP contribution in [0.3, 0.4) is 0 Å². The minimum Gasteiger partial charge on any atom is -0.465 e. The Morgan fingerprint density at radius 1 is 1.50 bits per heavy atom. The molecule has 1 aliphatic carbocycles. The summed E-state index contributed by atoms with van der Waals surface area (Å²) in [7, 11) is -1.10. The Labute approximate surface area is 118 Å². The topological polar surface area (TPSA) is 95.1 Å². The van der Waals surface area contributed by atoms with Gasteiger partial charge in [-0.05, 0) is 24.5 Å². The molecule has 1 fully saturated rings. The highest BCUT2D eigenvalue weighted by atomic mass is 32.2. The Balaban J connectivity index is 1.86. The van der Waals surface area contributed by atoms with Gasteiger partial charge in [-0.15, -0.1) is 0 Å². The number of fused-ring (bicyclic) bond motifs is 1. The highest BCUT2D eigenvalue weighted by Crippen LogP contribution is 2.33. The van der Waals surface area contributed by atoms with Gasteiger partial charge in [0.25, 0.3) is 0 Å². The van der Waals surface area contributed by atoms with Crippen LogP contribution < -0.4 is 5.32 Å². The molecule has 1 aromatic heterocycles. The zero-order chi connectivity index (χ0) is 14.1. The number of nitrogens with one attached hydrogen (secondary N) is 2. The molecule has 1 heterocycles. The molecule has 2 aromatic rings. The smallest absolute Gasteiger partial charge is 0.411 e. The number of hydrogen-bond acceptors (Lipinski definition) is 3. The summed E-state index contributed by atoms with van der Waals surface area (Å²) in [6, 6.07) is 5.38. The number of hydrogen-bond donors (Lipinski definition) is 3. The van der Waals surface area contributed by atoms with E-state index in [9.17, 15) is 9.00 Å². The molecular weight excluding hydrogens is 278 g/mol. The van der Waals surface area contributed by atoms with Gasteiger partial charge in [-0.2, -0.15) is 0 Å². The fourth-order valence-corrected chi connectivity index (χ4v) is 3.51. The molecular formula is C13H15N3O3S. The summed E-state index contributed by atoms with van der Waals surface area (Å²) < 4.78 is 12.3. The third kappa shape index (κ3) is 2.82. The number of imidazole rings is 1. The van der Waals surface area contributed by atoms with Gasteiger partial charge in [0.05, 0.1) is 21.2 Å².